The Bertz CT molecular complexity index is 334. The van der Waals surface area contributed by atoms with Gasteiger partial charge >= 0.3 is 64.7 Å². The molecule has 4 nitrogen and oxygen atoms in total. The third kappa shape index (κ3) is 3.83. The van der Waals surface area contributed by atoms with Crippen LogP contribution in [-0.2, 0) is 13.9 Å². The Hall–Kier alpha value is -0.770. The third-order valence-electron chi connectivity index (χ3n) is 0.677. The van der Waals surface area contributed by atoms with Crippen molar-refractivity contribution in [2.45, 2.75) is 0 Å². The number of hydrogen-bond donors (Lipinski definition) is 0. The monoisotopic (exact) mass is 187 g/mol. The van der Waals surface area contributed by atoms with Crippen molar-refractivity contribution in [3.63, 3.8) is 0 Å². The summed E-state index contributed by atoms with van der Waals surface area (Å²) in [6, 6.07) is 0. The van der Waals surface area contributed by atoms with Crippen molar-refractivity contribution in [2.75, 3.05) is 0 Å². The zero-order valence-electron chi connectivity index (χ0n) is 5.35. The van der Waals surface area contributed by atoms with Crippen LogP contribution in [0.4, 0.5) is 0 Å². The number of hydrogen-bond acceptors (Lipinski definition) is 3. The molecule has 0 unspecified atom stereocenters. The molecule has 56 valence electrons. The summed E-state index contributed by atoms with van der Waals surface area (Å²) >= 11 is 0. The minimum atomic E-state index is -0.586. The van der Waals surface area contributed by atoms with Crippen LogP contribution < -0.4 is 0 Å². The van der Waals surface area contributed by atoms with Gasteiger partial charge in [-0.25, -0.2) is 0 Å². The van der Waals surface area contributed by atoms with Gasteiger partial charge in [-0.2, -0.15) is 0 Å². The first-order chi connectivity index (χ1) is 5.26. The van der Waals surface area contributed by atoms with Crippen LogP contribution in [0.1, 0.15) is 0 Å². The van der Waals surface area contributed by atoms with Gasteiger partial charge in [-0.1, -0.05) is 0 Å². The predicted molar refractivity (Wildman–Crippen MR) is 40.0 cm³/mol. The molecule has 0 aromatic carbocycles. The fourth-order valence-electron chi connectivity index (χ4n) is 0.294. The molecule has 0 aliphatic carbocycles. The van der Waals surface area contributed by atoms with E-state index < -0.39 is 21.7 Å². The van der Waals surface area contributed by atoms with Gasteiger partial charge in [-0.05, 0) is 0 Å². The van der Waals surface area contributed by atoms with Crippen LogP contribution in [0.3, 0.4) is 0 Å². The molecule has 0 heterocycles. The zero-order valence-corrected chi connectivity index (χ0v) is 7.14. The van der Waals surface area contributed by atoms with Gasteiger partial charge in [0, 0.05) is 0 Å². The number of carbonyl (C=O) groups excluding carboxylic acids is 1. The van der Waals surface area contributed by atoms with E-state index in [-0.39, 0.29) is 0 Å². The van der Waals surface area contributed by atoms with Gasteiger partial charge in [-0.3, -0.25) is 0 Å². The summed E-state index contributed by atoms with van der Waals surface area (Å²) in [5.74, 6) is 3.50. The van der Waals surface area contributed by atoms with E-state index in [0.29, 0.717) is 4.90 Å². The van der Waals surface area contributed by atoms with Crippen LogP contribution in [0.2, 0.25) is 0 Å². The molecule has 0 aromatic rings. The van der Waals surface area contributed by atoms with Crippen molar-refractivity contribution in [3.8, 4) is 11.5 Å². The van der Waals surface area contributed by atoms with Crippen LogP contribution in [0.15, 0.2) is 12.7 Å². The molecule has 0 fully saturated rings. The predicted octanol–water partition coefficient (Wildman–Crippen LogP) is 1.42. The average Bonchev–Trinajstić information content (AvgIpc) is 2.03. The van der Waals surface area contributed by atoms with Gasteiger partial charge in [0.1, 0.15) is 0 Å². The quantitative estimate of drug-likeness (QED) is 0.354. The standard InChI is InChI=1S/C5H3NO3P2/c1-2-5(7)6(3-10-8)4-11-9/h2H,1H2. The van der Waals surface area contributed by atoms with Crippen molar-refractivity contribution in [2.24, 2.45) is 0 Å². The molecular formula is C5H3NO3P2. The van der Waals surface area contributed by atoms with E-state index in [1.54, 1.807) is 0 Å². The molecule has 11 heavy (non-hydrogen) atoms. The minimum absolute atomic E-state index is 0.480. The first kappa shape index (κ1) is 10.2. The Morgan fingerprint density at radius 2 is 1.82 bits per heavy atom. The van der Waals surface area contributed by atoms with Crippen molar-refractivity contribution in [1.82, 2.24) is 4.90 Å². The Morgan fingerprint density at radius 1 is 1.36 bits per heavy atom. The summed E-state index contributed by atoms with van der Waals surface area (Å²) in [5.41, 5.74) is 0. The summed E-state index contributed by atoms with van der Waals surface area (Å²) in [4.78, 5) is 11.4. The molecule has 0 rings (SSSR count). The second-order valence-corrected chi connectivity index (χ2v) is 2.03. The normalized spacial score (nSPS) is 6.91. The van der Waals surface area contributed by atoms with E-state index in [1.807, 2.05) is 11.5 Å². The molecule has 0 aliphatic heterocycles. The molecular weight excluding hydrogens is 184 g/mol. The SMILES string of the molecule is C=CC(=O)N(C#P=O)C#P=O. The maximum atomic E-state index is 10.7. The summed E-state index contributed by atoms with van der Waals surface area (Å²) in [5, 5.41) is 0. The van der Waals surface area contributed by atoms with E-state index in [0.717, 1.165) is 6.08 Å². The Kier molecular flexibility index (Phi) is 5.56. The Balaban J connectivity index is 4.78. The van der Waals surface area contributed by atoms with E-state index in [4.69, 9.17) is 0 Å². The fourth-order valence-corrected chi connectivity index (χ4v) is 0.833. The van der Waals surface area contributed by atoms with Crippen LogP contribution in [0.5, 0.6) is 0 Å². The first-order valence-electron chi connectivity index (χ1n) is 2.38. The van der Waals surface area contributed by atoms with Crippen molar-refractivity contribution in [1.29, 1.82) is 0 Å². The van der Waals surface area contributed by atoms with Crippen molar-refractivity contribution in [3.05, 3.63) is 12.7 Å². The molecule has 0 atom stereocenters. The topological polar surface area (TPSA) is 54.5 Å². The number of rotatable bonds is 1. The summed E-state index contributed by atoms with van der Waals surface area (Å²) in [6.45, 7) is 3.16. The van der Waals surface area contributed by atoms with Crippen molar-refractivity contribution >= 4 is 21.7 Å². The summed E-state index contributed by atoms with van der Waals surface area (Å²) in [6.07, 6.45) is 0.969. The fraction of sp³-hybridized carbons (Fsp3) is 0. The maximum absolute atomic E-state index is 10.7. The van der Waals surface area contributed by atoms with Crippen molar-refractivity contribution < 1.29 is 13.9 Å². The second kappa shape index (κ2) is 5.97. The summed E-state index contributed by atoms with van der Waals surface area (Å²) < 4.78 is 19.8. The number of amides is 1. The van der Waals surface area contributed by atoms with Gasteiger partial charge in [0.2, 0.25) is 0 Å². The van der Waals surface area contributed by atoms with Gasteiger partial charge in [0.15, 0.2) is 0 Å². The Morgan fingerprint density at radius 3 is 2.09 bits per heavy atom. The molecule has 0 aliphatic rings. The molecule has 1 amide bonds. The molecule has 0 aromatic heterocycles. The Labute approximate surface area is 65.5 Å². The molecule has 6 heteroatoms. The molecule has 0 N–H and O–H groups in total. The van der Waals surface area contributed by atoms with E-state index >= 15 is 0 Å². The van der Waals surface area contributed by atoms with Gasteiger partial charge in [0.05, 0.1) is 0 Å². The zero-order chi connectivity index (χ0) is 8.69. The van der Waals surface area contributed by atoms with Gasteiger partial charge < -0.3 is 0 Å². The molecule has 0 radical (unpaired) electrons. The molecule has 0 bridgehead atoms. The van der Waals surface area contributed by atoms with E-state index in [1.165, 1.54) is 0 Å². The van der Waals surface area contributed by atoms with E-state index in [9.17, 15) is 13.9 Å². The number of carbonyl (C=O) groups is 1. The van der Waals surface area contributed by atoms with Crippen LogP contribution in [0.25, 0.3) is 0 Å². The average molecular weight is 187 g/mol. The van der Waals surface area contributed by atoms with Crippen LogP contribution in [0, 0.1) is 11.5 Å². The first-order valence-corrected chi connectivity index (χ1v) is 4.01. The second-order valence-electron chi connectivity index (χ2n) is 1.26. The van der Waals surface area contributed by atoms with Gasteiger partial charge in [-0.15, -0.1) is 0 Å². The molecule has 0 spiro atoms. The van der Waals surface area contributed by atoms with Crippen LogP contribution in [-0.4, -0.2) is 10.8 Å². The summed E-state index contributed by atoms with van der Waals surface area (Å²) in [7, 11) is -0.960. The number of nitrogens with zero attached hydrogens (tertiary/aromatic N) is 1. The van der Waals surface area contributed by atoms with Crippen LogP contribution >= 0.6 is 15.8 Å². The molecule has 0 saturated carbocycles. The van der Waals surface area contributed by atoms with E-state index in [2.05, 4.69) is 6.58 Å². The third-order valence-corrected chi connectivity index (χ3v) is 1.24. The van der Waals surface area contributed by atoms with Gasteiger partial charge in [0.25, 0.3) is 0 Å². The molecule has 0 saturated heterocycles.